The Morgan fingerprint density at radius 1 is 1.31 bits per heavy atom. The van der Waals surface area contributed by atoms with E-state index in [2.05, 4.69) is 22.7 Å². The molecule has 3 aromatic rings. The highest BCUT2D eigenvalue weighted by Gasteiger charge is 2.16. The van der Waals surface area contributed by atoms with Crippen LogP contribution in [-0.2, 0) is 17.8 Å². The molecule has 6 heteroatoms. The average Bonchev–Trinajstić information content (AvgIpc) is 3.07. The van der Waals surface area contributed by atoms with Gasteiger partial charge in [-0.05, 0) is 50.5 Å². The molecule has 6 nitrogen and oxygen atoms in total. The van der Waals surface area contributed by atoms with Crippen LogP contribution >= 0.6 is 0 Å². The zero-order valence-electron chi connectivity index (χ0n) is 17.1. The molecular formula is C23H25N5O. The third-order valence-corrected chi connectivity index (χ3v) is 5.01. The normalized spacial score (nSPS) is 10.7. The lowest BCUT2D eigenvalue weighted by Gasteiger charge is -2.22. The SMILES string of the molecule is C=CCN(Cc1cccc(C#N)c1)C(=O)CCc1c(C)nc2cc(C)nn2c1C. The summed E-state index contributed by atoms with van der Waals surface area (Å²) in [6, 6.07) is 11.4. The van der Waals surface area contributed by atoms with Gasteiger partial charge in [-0.15, -0.1) is 6.58 Å². The van der Waals surface area contributed by atoms with Gasteiger partial charge in [0, 0.05) is 37.0 Å². The predicted octanol–water partition coefficient (Wildman–Crippen LogP) is 3.67. The Morgan fingerprint density at radius 2 is 2.10 bits per heavy atom. The minimum Gasteiger partial charge on any atom is -0.335 e. The first-order chi connectivity index (χ1) is 13.9. The van der Waals surface area contributed by atoms with Gasteiger partial charge < -0.3 is 4.90 Å². The Morgan fingerprint density at radius 3 is 2.83 bits per heavy atom. The molecule has 1 aromatic carbocycles. The third-order valence-electron chi connectivity index (χ3n) is 5.01. The Hall–Kier alpha value is -3.46. The molecule has 0 N–H and O–H groups in total. The predicted molar refractivity (Wildman–Crippen MR) is 112 cm³/mol. The van der Waals surface area contributed by atoms with Crippen LogP contribution in [-0.4, -0.2) is 31.9 Å². The van der Waals surface area contributed by atoms with E-state index in [0.717, 1.165) is 33.9 Å². The van der Waals surface area contributed by atoms with Crippen LogP contribution in [0.2, 0.25) is 0 Å². The first kappa shape index (κ1) is 20.3. The van der Waals surface area contributed by atoms with E-state index in [4.69, 9.17) is 5.26 Å². The molecule has 148 valence electrons. The zero-order chi connectivity index (χ0) is 21.0. The topological polar surface area (TPSA) is 74.3 Å². The number of rotatable bonds is 7. The van der Waals surface area contributed by atoms with Crippen LogP contribution in [0, 0.1) is 32.1 Å². The molecule has 0 aliphatic heterocycles. The molecule has 0 fully saturated rings. The van der Waals surface area contributed by atoms with Crippen molar-refractivity contribution in [3.63, 3.8) is 0 Å². The number of benzene rings is 1. The van der Waals surface area contributed by atoms with Crippen LogP contribution in [0.15, 0.2) is 43.0 Å². The number of carbonyl (C=O) groups is 1. The monoisotopic (exact) mass is 387 g/mol. The van der Waals surface area contributed by atoms with E-state index in [-0.39, 0.29) is 5.91 Å². The fraction of sp³-hybridized carbons (Fsp3) is 0.304. The number of carbonyl (C=O) groups excluding carboxylic acids is 1. The molecule has 3 rings (SSSR count). The molecular weight excluding hydrogens is 362 g/mol. The van der Waals surface area contributed by atoms with E-state index in [9.17, 15) is 4.79 Å². The van der Waals surface area contributed by atoms with E-state index in [1.165, 1.54) is 0 Å². The maximum Gasteiger partial charge on any atom is 0.223 e. The summed E-state index contributed by atoms with van der Waals surface area (Å²) in [7, 11) is 0. The van der Waals surface area contributed by atoms with Crippen molar-refractivity contribution in [2.75, 3.05) is 6.54 Å². The quantitative estimate of drug-likeness (QED) is 0.580. The molecule has 0 saturated carbocycles. The summed E-state index contributed by atoms with van der Waals surface area (Å²) in [6.07, 6.45) is 2.70. The first-order valence-corrected chi connectivity index (χ1v) is 9.63. The van der Waals surface area contributed by atoms with Gasteiger partial charge in [-0.2, -0.15) is 10.4 Å². The Kier molecular flexibility index (Phi) is 6.08. The van der Waals surface area contributed by atoms with Crippen LogP contribution in [0.1, 0.15) is 40.2 Å². The van der Waals surface area contributed by atoms with Gasteiger partial charge in [-0.1, -0.05) is 18.2 Å². The summed E-state index contributed by atoms with van der Waals surface area (Å²) < 4.78 is 1.84. The van der Waals surface area contributed by atoms with E-state index < -0.39 is 0 Å². The second-order valence-corrected chi connectivity index (χ2v) is 7.19. The number of aromatic nitrogens is 3. The van der Waals surface area contributed by atoms with Gasteiger partial charge in [-0.25, -0.2) is 9.50 Å². The van der Waals surface area contributed by atoms with Crippen LogP contribution in [0.3, 0.4) is 0 Å². The number of aryl methyl sites for hydroxylation is 3. The smallest absolute Gasteiger partial charge is 0.223 e. The standard InChI is InChI=1S/C23H25N5O/c1-5-11-27(15-20-8-6-7-19(13-20)14-24)23(29)10-9-21-17(3)25-22-12-16(2)26-28(22)18(21)4/h5-8,12-13H,1,9-11,15H2,2-4H3. The number of hydrogen-bond acceptors (Lipinski definition) is 4. The van der Waals surface area contributed by atoms with Gasteiger partial charge in [0.25, 0.3) is 0 Å². The fourth-order valence-electron chi connectivity index (χ4n) is 3.56. The number of hydrogen-bond donors (Lipinski definition) is 0. The minimum atomic E-state index is 0.0443. The third kappa shape index (κ3) is 4.52. The Bertz CT molecular complexity index is 1110. The number of amides is 1. The summed E-state index contributed by atoms with van der Waals surface area (Å²) >= 11 is 0. The van der Waals surface area contributed by atoms with E-state index in [0.29, 0.717) is 31.5 Å². The second-order valence-electron chi connectivity index (χ2n) is 7.19. The van der Waals surface area contributed by atoms with Crippen molar-refractivity contribution < 1.29 is 4.79 Å². The molecule has 0 spiro atoms. The Labute approximate surface area is 171 Å². The number of nitrogens with zero attached hydrogens (tertiary/aromatic N) is 5. The number of nitriles is 1. The van der Waals surface area contributed by atoms with Crippen LogP contribution < -0.4 is 0 Å². The second kappa shape index (κ2) is 8.70. The van der Waals surface area contributed by atoms with Crippen LogP contribution in [0.5, 0.6) is 0 Å². The Balaban J connectivity index is 1.76. The highest BCUT2D eigenvalue weighted by Crippen LogP contribution is 2.18. The van der Waals surface area contributed by atoms with E-state index in [1.807, 2.05) is 49.6 Å². The van der Waals surface area contributed by atoms with Gasteiger partial charge in [0.1, 0.15) is 0 Å². The van der Waals surface area contributed by atoms with Gasteiger partial charge in [-0.3, -0.25) is 4.79 Å². The molecule has 0 atom stereocenters. The van der Waals surface area contributed by atoms with Crippen molar-refractivity contribution in [2.45, 2.75) is 40.2 Å². The molecule has 2 aromatic heterocycles. The summed E-state index contributed by atoms with van der Waals surface area (Å²) in [5, 5.41) is 13.6. The summed E-state index contributed by atoms with van der Waals surface area (Å²) in [6.45, 7) is 10.6. The van der Waals surface area contributed by atoms with Crippen molar-refractivity contribution >= 4 is 11.6 Å². The molecule has 1 amide bonds. The van der Waals surface area contributed by atoms with E-state index >= 15 is 0 Å². The van der Waals surface area contributed by atoms with Gasteiger partial charge in [0.05, 0.1) is 17.3 Å². The molecule has 29 heavy (non-hydrogen) atoms. The van der Waals surface area contributed by atoms with Gasteiger partial charge in [0.15, 0.2) is 5.65 Å². The van der Waals surface area contributed by atoms with E-state index in [1.54, 1.807) is 17.0 Å². The van der Waals surface area contributed by atoms with Crippen molar-refractivity contribution in [1.29, 1.82) is 5.26 Å². The van der Waals surface area contributed by atoms with Gasteiger partial charge >= 0.3 is 0 Å². The maximum atomic E-state index is 12.9. The highest BCUT2D eigenvalue weighted by atomic mass is 16.2. The van der Waals surface area contributed by atoms with Crippen LogP contribution in [0.25, 0.3) is 5.65 Å². The summed E-state index contributed by atoms with van der Waals surface area (Å²) in [5.74, 6) is 0.0443. The number of fused-ring (bicyclic) bond motifs is 1. The van der Waals surface area contributed by atoms with Gasteiger partial charge in [0.2, 0.25) is 5.91 Å². The van der Waals surface area contributed by atoms with Crippen molar-refractivity contribution in [3.05, 3.63) is 76.8 Å². The lowest BCUT2D eigenvalue weighted by atomic mass is 10.1. The minimum absolute atomic E-state index is 0.0443. The largest absolute Gasteiger partial charge is 0.335 e. The molecule has 0 aliphatic carbocycles. The van der Waals surface area contributed by atoms with Crippen molar-refractivity contribution in [2.24, 2.45) is 0 Å². The lowest BCUT2D eigenvalue weighted by molar-refractivity contribution is -0.131. The molecule has 0 unspecified atom stereocenters. The molecule has 0 radical (unpaired) electrons. The fourth-order valence-corrected chi connectivity index (χ4v) is 3.56. The first-order valence-electron chi connectivity index (χ1n) is 9.63. The summed E-state index contributed by atoms with van der Waals surface area (Å²) in [5.41, 5.74) is 6.28. The zero-order valence-corrected chi connectivity index (χ0v) is 17.1. The maximum absolute atomic E-state index is 12.9. The molecule has 0 bridgehead atoms. The lowest BCUT2D eigenvalue weighted by Crippen LogP contribution is -2.31. The summed E-state index contributed by atoms with van der Waals surface area (Å²) in [4.78, 5) is 19.3. The average molecular weight is 387 g/mol. The molecule has 2 heterocycles. The molecule has 0 aliphatic rings. The van der Waals surface area contributed by atoms with Crippen molar-refractivity contribution in [3.8, 4) is 6.07 Å². The molecule has 0 saturated heterocycles. The van der Waals surface area contributed by atoms with Crippen molar-refractivity contribution in [1.82, 2.24) is 19.5 Å². The van der Waals surface area contributed by atoms with Crippen LogP contribution in [0.4, 0.5) is 0 Å². The highest BCUT2D eigenvalue weighted by molar-refractivity contribution is 5.76.